The Kier molecular flexibility index (Phi) is 4.05. The molecule has 0 bridgehead atoms. The molecule has 1 N–H and O–H groups in total. The molecule has 2 aromatic heterocycles. The van der Waals surface area contributed by atoms with Crippen LogP contribution in [0.2, 0.25) is 0 Å². The lowest BCUT2D eigenvalue weighted by Gasteiger charge is -2.13. The maximum absolute atomic E-state index is 10.5. The highest BCUT2D eigenvalue weighted by molar-refractivity contribution is 7.19. The van der Waals surface area contributed by atoms with Crippen molar-refractivity contribution in [3.63, 3.8) is 0 Å². The first kappa shape index (κ1) is 14.3. The number of hydrogen-bond acceptors (Lipinski definition) is 6. The molecule has 2 aromatic rings. The van der Waals surface area contributed by atoms with Crippen molar-refractivity contribution < 1.29 is 9.90 Å². The van der Waals surface area contributed by atoms with Gasteiger partial charge in [-0.15, -0.1) is 11.3 Å². The Morgan fingerprint density at radius 1 is 1.33 bits per heavy atom. The van der Waals surface area contributed by atoms with E-state index in [-0.39, 0.29) is 6.42 Å². The first-order valence-electron chi connectivity index (χ1n) is 7.38. The van der Waals surface area contributed by atoms with Crippen LogP contribution in [0.5, 0.6) is 0 Å². The van der Waals surface area contributed by atoms with Gasteiger partial charge in [-0.3, -0.25) is 0 Å². The van der Waals surface area contributed by atoms with Gasteiger partial charge in [0.05, 0.1) is 5.39 Å². The van der Waals surface area contributed by atoms with Crippen LogP contribution in [0, 0.1) is 6.92 Å². The molecule has 21 heavy (non-hydrogen) atoms. The second kappa shape index (κ2) is 5.97. The molecule has 112 valence electrons. The number of carbonyl (C=O) groups is 1. The molecule has 0 amide bonds. The first-order valence-corrected chi connectivity index (χ1v) is 8.19. The molecule has 0 fully saturated rings. The first-order chi connectivity index (χ1) is 10.1. The molecule has 1 aliphatic carbocycles. The Morgan fingerprint density at radius 2 is 2.14 bits per heavy atom. The van der Waals surface area contributed by atoms with Crippen LogP contribution in [0.3, 0.4) is 0 Å². The number of aryl methyl sites for hydroxylation is 3. The Balaban J connectivity index is 1.89. The number of nitrogens with zero attached hydrogens (tertiary/aromatic N) is 2. The van der Waals surface area contributed by atoms with Crippen molar-refractivity contribution in [1.82, 2.24) is 9.97 Å². The number of aliphatic carboxylic acids is 1. The van der Waals surface area contributed by atoms with E-state index in [0.717, 1.165) is 34.7 Å². The molecule has 5 nitrogen and oxygen atoms in total. The average molecular weight is 304 g/mol. The number of fused-ring (bicyclic) bond motifs is 3. The lowest BCUT2D eigenvalue weighted by molar-refractivity contribution is -0.305. The quantitative estimate of drug-likeness (QED) is 0.853. The smallest absolute Gasteiger partial charge is 0.138 e. The molecular formula is C15H18N3O2S-. The lowest BCUT2D eigenvalue weighted by atomic mass is 9.97. The van der Waals surface area contributed by atoms with E-state index in [9.17, 15) is 9.90 Å². The minimum absolute atomic E-state index is 0.0714. The third-order valence-electron chi connectivity index (χ3n) is 3.78. The van der Waals surface area contributed by atoms with Crippen LogP contribution < -0.4 is 10.4 Å². The summed E-state index contributed by atoms with van der Waals surface area (Å²) in [7, 11) is 0. The van der Waals surface area contributed by atoms with Gasteiger partial charge in [0.2, 0.25) is 0 Å². The van der Waals surface area contributed by atoms with E-state index in [1.54, 1.807) is 11.3 Å². The van der Waals surface area contributed by atoms with Gasteiger partial charge in [0, 0.05) is 17.4 Å². The largest absolute Gasteiger partial charge is 0.550 e. The SMILES string of the molecule is Cc1nc(NCCCC(=O)[O-])c2c3c(sc2n1)CCCC3. The monoisotopic (exact) mass is 304 g/mol. The van der Waals surface area contributed by atoms with Crippen LogP contribution in [0.1, 0.15) is 41.9 Å². The maximum Gasteiger partial charge on any atom is 0.138 e. The van der Waals surface area contributed by atoms with Crippen molar-refractivity contribution in [3.8, 4) is 0 Å². The minimum Gasteiger partial charge on any atom is -0.550 e. The Labute approximate surface area is 127 Å². The Morgan fingerprint density at radius 3 is 2.95 bits per heavy atom. The van der Waals surface area contributed by atoms with Gasteiger partial charge in [-0.1, -0.05) is 0 Å². The number of aromatic nitrogens is 2. The normalized spacial score (nSPS) is 14.1. The number of carbonyl (C=O) groups excluding carboxylic acids is 1. The van der Waals surface area contributed by atoms with Gasteiger partial charge in [-0.2, -0.15) is 0 Å². The number of thiophene rings is 1. The van der Waals surface area contributed by atoms with Crippen LogP contribution in [0.25, 0.3) is 10.2 Å². The van der Waals surface area contributed by atoms with Crippen molar-refractivity contribution in [1.29, 1.82) is 0 Å². The molecule has 0 radical (unpaired) electrons. The van der Waals surface area contributed by atoms with Gasteiger partial charge in [0.1, 0.15) is 16.5 Å². The fourth-order valence-electron chi connectivity index (χ4n) is 2.83. The van der Waals surface area contributed by atoms with Crippen LogP contribution in [0.15, 0.2) is 0 Å². The van der Waals surface area contributed by atoms with E-state index >= 15 is 0 Å². The second-order valence-electron chi connectivity index (χ2n) is 5.41. The van der Waals surface area contributed by atoms with E-state index in [1.807, 2.05) is 6.92 Å². The third-order valence-corrected chi connectivity index (χ3v) is 4.96. The van der Waals surface area contributed by atoms with E-state index in [1.165, 1.54) is 23.3 Å². The van der Waals surface area contributed by atoms with Crippen LogP contribution in [-0.2, 0) is 17.6 Å². The molecule has 0 aromatic carbocycles. The molecule has 0 unspecified atom stereocenters. The Hall–Kier alpha value is -1.69. The van der Waals surface area contributed by atoms with E-state index in [2.05, 4.69) is 15.3 Å². The molecule has 3 rings (SSSR count). The highest BCUT2D eigenvalue weighted by Gasteiger charge is 2.20. The molecular weight excluding hydrogens is 286 g/mol. The van der Waals surface area contributed by atoms with Gasteiger partial charge in [-0.05, 0) is 51.0 Å². The van der Waals surface area contributed by atoms with E-state index in [0.29, 0.717) is 13.0 Å². The van der Waals surface area contributed by atoms with Crippen molar-refractivity contribution in [2.45, 2.75) is 45.4 Å². The van der Waals surface area contributed by atoms with Crippen molar-refractivity contribution >= 4 is 33.3 Å². The molecule has 0 atom stereocenters. The summed E-state index contributed by atoms with van der Waals surface area (Å²) in [4.78, 5) is 22.0. The number of anilines is 1. The predicted molar refractivity (Wildman–Crippen MR) is 81.5 cm³/mol. The highest BCUT2D eigenvalue weighted by atomic mass is 32.1. The number of carboxylic acid groups (broad SMARTS) is 1. The Bertz CT molecular complexity index is 681. The van der Waals surface area contributed by atoms with Crippen molar-refractivity contribution in [3.05, 3.63) is 16.3 Å². The summed E-state index contributed by atoms with van der Waals surface area (Å²) in [6, 6.07) is 0. The molecule has 0 saturated heterocycles. The fourth-order valence-corrected chi connectivity index (χ4v) is 4.14. The number of rotatable bonds is 5. The number of hydrogen-bond donors (Lipinski definition) is 1. The minimum atomic E-state index is -1.01. The number of nitrogens with one attached hydrogen (secondary N) is 1. The average Bonchev–Trinajstić information content (AvgIpc) is 2.81. The van der Waals surface area contributed by atoms with Gasteiger partial charge in [-0.25, -0.2) is 9.97 Å². The highest BCUT2D eigenvalue weighted by Crippen LogP contribution is 2.38. The van der Waals surface area contributed by atoms with Crippen LogP contribution in [-0.4, -0.2) is 22.5 Å². The van der Waals surface area contributed by atoms with Crippen molar-refractivity contribution in [2.75, 3.05) is 11.9 Å². The zero-order valence-corrected chi connectivity index (χ0v) is 12.9. The summed E-state index contributed by atoms with van der Waals surface area (Å²) in [5.41, 5.74) is 1.39. The van der Waals surface area contributed by atoms with Gasteiger partial charge < -0.3 is 15.2 Å². The zero-order valence-electron chi connectivity index (χ0n) is 12.1. The summed E-state index contributed by atoms with van der Waals surface area (Å²) < 4.78 is 0. The molecule has 6 heteroatoms. The summed E-state index contributed by atoms with van der Waals surface area (Å²) in [6.07, 6.45) is 5.31. The summed E-state index contributed by atoms with van der Waals surface area (Å²) >= 11 is 1.78. The van der Waals surface area contributed by atoms with Gasteiger partial charge >= 0.3 is 0 Å². The predicted octanol–water partition coefficient (Wildman–Crippen LogP) is 1.82. The lowest BCUT2D eigenvalue weighted by Crippen LogP contribution is -2.22. The third kappa shape index (κ3) is 3.00. The maximum atomic E-state index is 10.5. The van der Waals surface area contributed by atoms with E-state index in [4.69, 9.17) is 0 Å². The summed E-state index contributed by atoms with van der Waals surface area (Å²) in [5, 5.41) is 14.9. The molecule has 0 aliphatic heterocycles. The summed E-state index contributed by atoms with van der Waals surface area (Å²) in [6.45, 7) is 2.48. The zero-order chi connectivity index (χ0) is 14.8. The molecule has 1 aliphatic rings. The topological polar surface area (TPSA) is 77.9 Å². The van der Waals surface area contributed by atoms with Crippen molar-refractivity contribution in [2.24, 2.45) is 0 Å². The van der Waals surface area contributed by atoms with E-state index < -0.39 is 5.97 Å². The standard InChI is InChI=1S/C15H19N3O2S/c1-9-17-14(16-8-4-7-12(19)20)13-10-5-2-3-6-11(10)21-15(13)18-9/h2-8H2,1H3,(H,19,20)(H,16,17,18)/p-1. The number of carboxylic acids is 1. The molecule has 0 saturated carbocycles. The van der Waals surface area contributed by atoms with Crippen LogP contribution >= 0.6 is 11.3 Å². The van der Waals surface area contributed by atoms with Gasteiger partial charge in [0.25, 0.3) is 0 Å². The van der Waals surface area contributed by atoms with Crippen LogP contribution in [0.4, 0.5) is 5.82 Å². The summed E-state index contributed by atoms with van der Waals surface area (Å²) in [5.74, 6) is 0.604. The second-order valence-corrected chi connectivity index (χ2v) is 6.50. The molecule has 2 heterocycles. The van der Waals surface area contributed by atoms with Gasteiger partial charge in [0.15, 0.2) is 0 Å². The fraction of sp³-hybridized carbons (Fsp3) is 0.533. The molecule has 0 spiro atoms.